The number of fused-ring (bicyclic) bond motifs is 2. The first-order chi connectivity index (χ1) is 10.7. The molecule has 2 saturated heterocycles. The minimum absolute atomic E-state index is 0.0708. The minimum atomic E-state index is -0.0708. The summed E-state index contributed by atoms with van der Waals surface area (Å²) < 4.78 is 0. The van der Waals surface area contributed by atoms with Gasteiger partial charge in [0.2, 0.25) is 0 Å². The average molecular weight is 315 g/mol. The van der Waals surface area contributed by atoms with Crippen molar-refractivity contribution in [2.45, 2.75) is 37.4 Å². The van der Waals surface area contributed by atoms with E-state index in [2.05, 4.69) is 15.6 Å². The van der Waals surface area contributed by atoms with Gasteiger partial charge in [0, 0.05) is 18.1 Å². The van der Waals surface area contributed by atoms with Gasteiger partial charge in [-0.3, -0.25) is 4.79 Å². The summed E-state index contributed by atoms with van der Waals surface area (Å²) >= 11 is 1.31. The number of thiazole rings is 1. The largest absolute Gasteiger partial charge is 0.507 e. The third-order valence-electron chi connectivity index (χ3n) is 4.48. The van der Waals surface area contributed by atoms with Gasteiger partial charge in [0.25, 0.3) is 5.91 Å². The maximum atomic E-state index is 12.4. The summed E-state index contributed by atoms with van der Waals surface area (Å²) in [6.45, 7) is 0. The normalized spacial score (nSPS) is 26.3. The number of aromatic nitrogens is 1. The summed E-state index contributed by atoms with van der Waals surface area (Å²) in [5.41, 5.74) is 0.660. The van der Waals surface area contributed by atoms with E-state index in [9.17, 15) is 9.90 Å². The van der Waals surface area contributed by atoms with Crippen LogP contribution < -0.4 is 10.6 Å². The Morgan fingerprint density at radius 2 is 2.23 bits per heavy atom. The molecular formula is C16H17N3O2S. The highest BCUT2D eigenvalue weighted by Gasteiger charge is 2.39. The van der Waals surface area contributed by atoms with Crippen molar-refractivity contribution < 1.29 is 9.90 Å². The van der Waals surface area contributed by atoms with Gasteiger partial charge in [-0.15, -0.1) is 11.3 Å². The SMILES string of the molecule is O=C(NC1CC2CCC1N2)c1cnc(-c2ccccc2O)s1. The number of hydrogen-bond donors (Lipinski definition) is 3. The van der Waals surface area contributed by atoms with Crippen LogP contribution in [0, 0.1) is 0 Å². The number of hydrogen-bond acceptors (Lipinski definition) is 5. The van der Waals surface area contributed by atoms with Crippen molar-refractivity contribution in [3.63, 3.8) is 0 Å². The van der Waals surface area contributed by atoms with Crippen molar-refractivity contribution in [2.75, 3.05) is 0 Å². The molecule has 1 aromatic heterocycles. The second-order valence-electron chi connectivity index (χ2n) is 5.91. The molecule has 2 aliphatic rings. The topological polar surface area (TPSA) is 74.2 Å². The van der Waals surface area contributed by atoms with E-state index >= 15 is 0 Å². The molecule has 5 nitrogen and oxygen atoms in total. The molecule has 2 fully saturated rings. The molecule has 3 heterocycles. The molecule has 2 bridgehead atoms. The lowest BCUT2D eigenvalue weighted by Gasteiger charge is -2.20. The number of aromatic hydroxyl groups is 1. The second-order valence-corrected chi connectivity index (χ2v) is 6.94. The van der Waals surface area contributed by atoms with Crippen LogP contribution in [-0.2, 0) is 0 Å². The third-order valence-corrected chi connectivity index (χ3v) is 5.51. The molecule has 3 unspecified atom stereocenters. The molecule has 0 saturated carbocycles. The zero-order valence-corrected chi connectivity index (χ0v) is 12.8. The Morgan fingerprint density at radius 1 is 1.36 bits per heavy atom. The number of phenols is 1. The Kier molecular flexibility index (Phi) is 3.35. The maximum Gasteiger partial charge on any atom is 0.263 e. The Balaban J connectivity index is 1.49. The van der Waals surface area contributed by atoms with Gasteiger partial charge < -0.3 is 15.7 Å². The van der Waals surface area contributed by atoms with Gasteiger partial charge in [-0.1, -0.05) is 12.1 Å². The van der Waals surface area contributed by atoms with Crippen LogP contribution in [0.5, 0.6) is 5.75 Å². The predicted octanol–water partition coefficient (Wildman–Crippen LogP) is 2.14. The molecule has 0 aliphatic carbocycles. The van der Waals surface area contributed by atoms with E-state index in [0.29, 0.717) is 27.5 Å². The Morgan fingerprint density at radius 3 is 2.95 bits per heavy atom. The number of nitrogens with one attached hydrogen (secondary N) is 2. The van der Waals surface area contributed by atoms with Crippen LogP contribution in [0.4, 0.5) is 0 Å². The van der Waals surface area contributed by atoms with Crippen LogP contribution in [0.25, 0.3) is 10.6 Å². The van der Waals surface area contributed by atoms with E-state index in [-0.39, 0.29) is 17.7 Å². The highest BCUT2D eigenvalue weighted by atomic mass is 32.1. The molecule has 4 rings (SSSR count). The quantitative estimate of drug-likeness (QED) is 0.811. The van der Waals surface area contributed by atoms with Crippen LogP contribution >= 0.6 is 11.3 Å². The van der Waals surface area contributed by atoms with Gasteiger partial charge in [0.1, 0.15) is 15.6 Å². The van der Waals surface area contributed by atoms with Crippen molar-refractivity contribution in [1.29, 1.82) is 0 Å². The standard InChI is InChI=1S/C16H17N3O2S/c20-13-4-2-1-3-10(13)16-17-8-14(22-16)15(21)19-12-7-9-5-6-11(12)18-9/h1-4,8-9,11-12,18,20H,5-7H2,(H,19,21). The van der Waals surface area contributed by atoms with Crippen LogP contribution in [0.3, 0.4) is 0 Å². The van der Waals surface area contributed by atoms with E-state index in [1.807, 2.05) is 6.07 Å². The third kappa shape index (κ3) is 2.38. The number of carbonyl (C=O) groups excluding carboxylic acids is 1. The van der Waals surface area contributed by atoms with E-state index in [0.717, 1.165) is 12.8 Å². The Hall–Kier alpha value is -1.92. The molecule has 0 radical (unpaired) electrons. The molecule has 22 heavy (non-hydrogen) atoms. The van der Waals surface area contributed by atoms with Crippen molar-refractivity contribution in [2.24, 2.45) is 0 Å². The van der Waals surface area contributed by atoms with Gasteiger partial charge in [-0.25, -0.2) is 4.98 Å². The first-order valence-electron chi connectivity index (χ1n) is 7.52. The van der Waals surface area contributed by atoms with Crippen LogP contribution in [0.2, 0.25) is 0 Å². The second kappa shape index (κ2) is 5.37. The molecule has 0 spiro atoms. The molecular weight excluding hydrogens is 298 g/mol. The lowest BCUT2D eigenvalue weighted by atomic mass is 9.95. The summed E-state index contributed by atoms with van der Waals surface area (Å²) in [7, 11) is 0. The van der Waals surface area contributed by atoms with Crippen molar-refractivity contribution >= 4 is 17.2 Å². The summed E-state index contributed by atoms with van der Waals surface area (Å²) in [5.74, 6) is 0.111. The number of nitrogens with zero attached hydrogens (tertiary/aromatic N) is 1. The number of carbonyl (C=O) groups is 1. The monoisotopic (exact) mass is 315 g/mol. The van der Waals surface area contributed by atoms with E-state index in [4.69, 9.17) is 0 Å². The number of benzene rings is 1. The fourth-order valence-electron chi connectivity index (χ4n) is 3.38. The van der Waals surface area contributed by atoms with Crippen molar-refractivity contribution in [3.8, 4) is 16.3 Å². The van der Waals surface area contributed by atoms with Gasteiger partial charge >= 0.3 is 0 Å². The van der Waals surface area contributed by atoms with Gasteiger partial charge in [-0.2, -0.15) is 0 Å². The zero-order chi connectivity index (χ0) is 15.1. The number of amides is 1. The number of para-hydroxylation sites is 1. The van der Waals surface area contributed by atoms with Crippen LogP contribution in [-0.4, -0.2) is 34.1 Å². The molecule has 3 atom stereocenters. The Bertz CT molecular complexity index is 715. The predicted molar refractivity (Wildman–Crippen MR) is 85.0 cm³/mol. The maximum absolute atomic E-state index is 12.4. The lowest BCUT2D eigenvalue weighted by Crippen LogP contribution is -2.42. The molecule has 1 amide bonds. The van der Waals surface area contributed by atoms with Gasteiger partial charge in [-0.05, 0) is 31.4 Å². The first-order valence-corrected chi connectivity index (χ1v) is 8.33. The van der Waals surface area contributed by atoms with Gasteiger partial charge in [0.05, 0.1) is 11.8 Å². The van der Waals surface area contributed by atoms with Crippen LogP contribution in [0.1, 0.15) is 28.9 Å². The average Bonchev–Trinajstić information content (AvgIpc) is 3.24. The summed E-state index contributed by atoms with van der Waals surface area (Å²) in [4.78, 5) is 17.2. The van der Waals surface area contributed by atoms with Crippen molar-refractivity contribution in [3.05, 3.63) is 35.3 Å². The first kappa shape index (κ1) is 13.7. The fourth-order valence-corrected chi connectivity index (χ4v) is 4.23. The number of rotatable bonds is 3. The van der Waals surface area contributed by atoms with E-state index < -0.39 is 0 Å². The van der Waals surface area contributed by atoms with Crippen molar-refractivity contribution in [1.82, 2.24) is 15.6 Å². The van der Waals surface area contributed by atoms with Crippen LogP contribution in [0.15, 0.2) is 30.5 Å². The fraction of sp³-hybridized carbons (Fsp3) is 0.375. The highest BCUT2D eigenvalue weighted by molar-refractivity contribution is 7.16. The summed E-state index contributed by atoms with van der Waals surface area (Å²) in [5, 5.41) is 17.2. The number of phenolic OH excluding ortho intramolecular Hbond substituents is 1. The van der Waals surface area contributed by atoms with Gasteiger partial charge in [0.15, 0.2) is 0 Å². The summed E-state index contributed by atoms with van der Waals surface area (Å²) in [6.07, 6.45) is 4.96. The van der Waals surface area contributed by atoms with E-state index in [1.165, 1.54) is 17.8 Å². The minimum Gasteiger partial charge on any atom is -0.507 e. The zero-order valence-electron chi connectivity index (χ0n) is 12.0. The Labute approximate surface area is 132 Å². The molecule has 6 heteroatoms. The lowest BCUT2D eigenvalue weighted by molar-refractivity contribution is 0.0935. The van der Waals surface area contributed by atoms with E-state index in [1.54, 1.807) is 24.4 Å². The molecule has 2 aromatic rings. The summed E-state index contributed by atoms with van der Waals surface area (Å²) in [6, 6.07) is 8.24. The molecule has 1 aromatic carbocycles. The molecule has 2 aliphatic heterocycles. The highest BCUT2D eigenvalue weighted by Crippen LogP contribution is 2.32. The molecule has 3 N–H and O–H groups in total. The molecule has 114 valence electrons. The smallest absolute Gasteiger partial charge is 0.263 e.